The number of amides is 2. The molecule has 8 N–H and O–H groups in total. The number of aromatic nitrogens is 1. The molecule has 0 saturated carbocycles. The highest BCUT2D eigenvalue weighted by molar-refractivity contribution is 5.92. The van der Waals surface area contributed by atoms with Gasteiger partial charge in [-0.1, -0.05) is 98.7 Å². The lowest BCUT2D eigenvalue weighted by Gasteiger charge is -2.26. The largest absolute Gasteiger partial charge is 0.480 e. The Morgan fingerprint density at radius 3 is 2.08 bits per heavy atom. The number of hydrogen-bond acceptors (Lipinski definition) is 5. The van der Waals surface area contributed by atoms with Crippen LogP contribution in [0.4, 0.5) is 4.79 Å². The standard InChI is InChI=1S/C37H54N6O5/c1-35(2,3)23-18-24-25(30(37(7,8)9)43-29(24)26(19-23)36(4,5)6)20-28(32(45)46)41-31(44)27(16-13-17-40-33(38)39)42-34(47)48-21-22-14-11-10-12-15-22/h10-12,14-15,18-19,27-28,43H,13,16-17,20-21H2,1-9H3,(H,41,44)(H,42,47)(H,45,46)(H4,38,39,40)/t27-,28-/m0/s1. The molecule has 0 spiro atoms. The van der Waals surface area contributed by atoms with Gasteiger partial charge in [0.2, 0.25) is 5.91 Å². The number of nitrogens with one attached hydrogen (secondary N) is 3. The number of alkyl carbamates (subject to hydrolysis) is 1. The molecule has 3 aromatic rings. The van der Waals surface area contributed by atoms with Crippen LogP contribution < -0.4 is 22.1 Å². The van der Waals surface area contributed by atoms with Crippen molar-refractivity contribution >= 4 is 34.8 Å². The number of fused-ring (bicyclic) bond motifs is 1. The highest BCUT2D eigenvalue weighted by atomic mass is 16.5. The Kier molecular flexibility index (Phi) is 11.9. The monoisotopic (exact) mass is 662 g/mol. The molecular formula is C37H54N6O5. The summed E-state index contributed by atoms with van der Waals surface area (Å²) in [5.74, 6) is -1.92. The highest BCUT2D eigenvalue weighted by Crippen LogP contribution is 2.40. The van der Waals surface area contributed by atoms with Gasteiger partial charge in [0.05, 0.1) is 0 Å². The summed E-state index contributed by atoms with van der Waals surface area (Å²) in [6.07, 6.45) is -0.262. The van der Waals surface area contributed by atoms with E-state index in [1.54, 1.807) is 0 Å². The van der Waals surface area contributed by atoms with E-state index in [-0.39, 0.29) is 48.2 Å². The number of rotatable bonds is 12. The number of hydrogen-bond donors (Lipinski definition) is 6. The van der Waals surface area contributed by atoms with E-state index in [0.29, 0.717) is 6.42 Å². The summed E-state index contributed by atoms with van der Waals surface area (Å²) in [6, 6.07) is 11.2. The number of H-pyrrole nitrogens is 1. The summed E-state index contributed by atoms with van der Waals surface area (Å²) in [5.41, 5.74) is 16.0. The quantitative estimate of drug-likeness (QED) is 0.0837. The first-order chi connectivity index (χ1) is 22.2. The Labute approximate surface area is 284 Å². The zero-order valence-electron chi connectivity index (χ0n) is 29.9. The minimum atomic E-state index is -1.28. The Morgan fingerprint density at radius 2 is 1.54 bits per heavy atom. The summed E-state index contributed by atoms with van der Waals surface area (Å²) in [5, 5.41) is 16.7. The highest BCUT2D eigenvalue weighted by Gasteiger charge is 2.33. The molecule has 0 unspecified atom stereocenters. The molecular weight excluding hydrogens is 608 g/mol. The van der Waals surface area contributed by atoms with Crippen molar-refractivity contribution in [3.05, 3.63) is 70.4 Å². The first-order valence-corrected chi connectivity index (χ1v) is 16.4. The van der Waals surface area contributed by atoms with Crippen LogP contribution in [0.5, 0.6) is 0 Å². The fraction of sp³-hybridized carbons (Fsp3) is 0.514. The zero-order chi connectivity index (χ0) is 36.0. The lowest BCUT2D eigenvalue weighted by molar-refractivity contribution is -0.142. The SMILES string of the molecule is CC(C)(C)c1cc(C(C)(C)C)c2[nH]c(C(C)(C)C)c(C[C@H](NC(=O)[C@H](CCCN=C(N)N)NC(=O)OCc3ccccc3)C(=O)O)c2c1. The van der Waals surface area contributed by atoms with Gasteiger partial charge in [-0.25, -0.2) is 9.59 Å². The van der Waals surface area contributed by atoms with Gasteiger partial charge in [-0.2, -0.15) is 0 Å². The summed E-state index contributed by atoms with van der Waals surface area (Å²) >= 11 is 0. The van der Waals surface area contributed by atoms with Crippen molar-refractivity contribution in [2.75, 3.05) is 6.54 Å². The number of aromatic amines is 1. The molecule has 0 aliphatic heterocycles. The van der Waals surface area contributed by atoms with Gasteiger partial charge < -0.3 is 36.9 Å². The number of nitrogens with two attached hydrogens (primary N) is 2. The number of carbonyl (C=O) groups is 3. The summed E-state index contributed by atoms with van der Waals surface area (Å²) in [4.78, 5) is 46.9. The molecule has 1 aromatic heterocycles. The number of carbonyl (C=O) groups excluding carboxylic acids is 2. The molecule has 11 nitrogen and oxygen atoms in total. The van der Waals surface area contributed by atoms with Crippen molar-refractivity contribution in [3.8, 4) is 0 Å². The number of guanidine groups is 1. The predicted octanol–water partition coefficient (Wildman–Crippen LogP) is 5.52. The van der Waals surface area contributed by atoms with Crippen LogP contribution in [0, 0.1) is 0 Å². The van der Waals surface area contributed by atoms with Crippen LogP contribution in [-0.4, -0.2) is 52.6 Å². The van der Waals surface area contributed by atoms with Crippen LogP contribution in [0.2, 0.25) is 0 Å². The van der Waals surface area contributed by atoms with Crippen LogP contribution in [0.25, 0.3) is 10.9 Å². The number of benzene rings is 2. The number of ether oxygens (including phenoxy) is 1. The van der Waals surface area contributed by atoms with Crippen molar-refractivity contribution in [1.29, 1.82) is 0 Å². The maximum Gasteiger partial charge on any atom is 0.408 e. The molecule has 2 amide bonds. The van der Waals surface area contributed by atoms with E-state index in [2.05, 4.69) is 95.1 Å². The van der Waals surface area contributed by atoms with Gasteiger partial charge >= 0.3 is 12.1 Å². The molecule has 2 atom stereocenters. The van der Waals surface area contributed by atoms with Crippen LogP contribution in [-0.2, 0) is 43.6 Å². The summed E-state index contributed by atoms with van der Waals surface area (Å²) in [6.45, 7) is 19.4. The summed E-state index contributed by atoms with van der Waals surface area (Å²) in [7, 11) is 0. The predicted molar refractivity (Wildman–Crippen MR) is 191 cm³/mol. The van der Waals surface area contributed by atoms with Gasteiger partial charge in [-0.15, -0.1) is 0 Å². The van der Waals surface area contributed by atoms with Gasteiger partial charge in [0.25, 0.3) is 0 Å². The Bertz CT molecular complexity index is 1620. The molecule has 48 heavy (non-hydrogen) atoms. The van der Waals surface area contributed by atoms with E-state index < -0.39 is 30.1 Å². The third-order valence-corrected chi connectivity index (χ3v) is 8.23. The van der Waals surface area contributed by atoms with Crippen molar-refractivity contribution in [1.82, 2.24) is 15.6 Å². The van der Waals surface area contributed by atoms with E-state index in [4.69, 9.17) is 16.2 Å². The van der Waals surface area contributed by atoms with Crippen LogP contribution in [0.1, 0.15) is 103 Å². The van der Waals surface area contributed by atoms with Gasteiger partial charge in [0.15, 0.2) is 5.96 Å². The first kappa shape index (κ1) is 37.9. The lowest BCUT2D eigenvalue weighted by atomic mass is 9.78. The molecule has 2 aromatic carbocycles. The van der Waals surface area contributed by atoms with Gasteiger partial charge in [-0.3, -0.25) is 9.79 Å². The maximum atomic E-state index is 13.7. The molecule has 0 fully saturated rings. The molecule has 11 heteroatoms. The number of carboxylic acids is 1. The molecule has 0 bridgehead atoms. The van der Waals surface area contributed by atoms with Gasteiger partial charge in [-0.05, 0) is 52.0 Å². The van der Waals surface area contributed by atoms with E-state index in [9.17, 15) is 19.5 Å². The lowest BCUT2D eigenvalue weighted by Crippen LogP contribution is -2.52. The van der Waals surface area contributed by atoms with Crippen LogP contribution in [0.15, 0.2) is 47.5 Å². The fourth-order valence-electron chi connectivity index (χ4n) is 5.58. The Hall–Kier alpha value is -4.54. The molecule has 0 aliphatic rings. The van der Waals surface area contributed by atoms with E-state index in [1.807, 2.05) is 30.3 Å². The number of aliphatic carboxylic acids is 1. The molecule has 0 aliphatic carbocycles. The van der Waals surface area contributed by atoms with Crippen LogP contribution >= 0.6 is 0 Å². The van der Waals surface area contributed by atoms with E-state index in [1.165, 1.54) is 0 Å². The van der Waals surface area contributed by atoms with Crippen molar-refractivity contribution in [3.63, 3.8) is 0 Å². The minimum absolute atomic E-state index is 0.00994. The third kappa shape index (κ3) is 10.2. The van der Waals surface area contributed by atoms with Crippen LogP contribution in [0.3, 0.4) is 0 Å². The number of nitrogens with zero attached hydrogens (tertiary/aromatic N) is 1. The van der Waals surface area contributed by atoms with E-state index >= 15 is 0 Å². The second-order valence-electron chi connectivity index (χ2n) is 15.5. The molecule has 262 valence electrons. The second kappa shape index (κ2) is 15.1. The fourth-order valence-corrected chi connectivity index (χ4v) is 5.58. The van der Waals surface area contributed by atoms with Crippen molar-refractivity contribution in [2.45, 2.75) is 117 Å². The normalized spacial score (nSPS) is 13.4. The van der Waals surface area contributed by atoms with Gasteiger partial charge in [0.1, 0.15) is 18.7 Å². The maximum absolute atomic E-state index is 13.7. The zero-order valence-corrected chi connectivity index (χ0v) is 29.9. The first-order valence-electron chi connectivity index (χ1n) is 16.4. The molecule has 0 saturated heterocycles. The second-order valence-corrected chi connectivity index (χ2v) is 15.5. The molecule has 1 heterocycles. The molecule has 3 rings (SSSR count). The number of aliphatic imine (C=N–C) groups is 1. The topological polar surface area (TPSA) is 185 Å². The van der Waals surface area contributed by atoms with E-state index in [0.717, 1.165) is 38.9 Å². The van der Waals surface area contributed by atoms with Gasteiger partial charge in [0, 0.05) is 35.0 Å². The Morgan fingerprint density at radius 1 is 0.896 bits per heavy atom. The smallest absolute Gasteiger partial charge is 0.408 e. The van der Waals surface area contributed by atoms with Crippen molar-refractivity contribution < 1.29 is 24.2 Å². The molecule has 0 radical (unpaired) electrons. The minimum Gasteiger partial charge on any atom is -0.480 e. The van der Waals surface area contributed by atoms with Crippen molar-refractivity contribution in [2.24, 2.45) is 16.5 Å². The average Bonchev–Trinajstić information content (AvgIpc) is 3.35. The Balaban J connectivity index is 1.98. The third-order valence-electron chi connectivity index (χ3n) is 8.23. The average molecular weight is 663 g/mol. The number of carboxylic acid groups (broad SMARTS) is 1. The summed E-state index contributed by atoms with van der Waals surface area (Å²) < 4.78 is 5.35.